The zero-order chi connectivity index (χ0) is 52.9. The number of nitrogens with one attached hydrogen (secondary N) is 2. The Morgan fingerprint density at radius 1 is 0.595 bits per heavy atom. The van der Waals surface area contributed by atoms with Crippen molar-refractivity contribution in [2.24, 2.45) is 51.9 Å². The molecule has 0 atom stereocenters. The summed E-state index contributed by atoms with van der Waals surface area (Å²) in [5, 5.41) is 6.14. The molecule has 0 aliphatic heterocycles. The lowest BCUT2D eigenvalue weighted by Gasteiger charge is -2.09. The van der Waals surface area contributed by atoms with Crippen LogP contribution in [0.3, 0.4) is 0 Å². The van der Waals surface area contributed by atoms with Gasteiger partial charge in [0, 0.05) is 93.5 Å². The van der Waals surface area contributed by atoms with Crippen LogP contribution in [0.25, 0.3) is 22.3 Å². The first-order chi connectivity index (χ1) is 35.2. The van der Waals surface area contributed by atoms with Gasteiger partial charge in [-0.2, -0.15) is 4.98 Å². The lowest BCUT2D eigenvalue weighted by atomic mass is 10.0. The predicted molar refractivity (Wildman–Crippen MR) is 278 cm³/mol. The van der Waals surface area contributed by atoms with E-state index in [1.54, 1.807) is 35.9 Å². The molecule has 2 N–H and O–H groups in total. The van der Waals surface area contributed by atoms with E-state index in [4.69, 9.17) is 0 Å². The lowest BCUT2D eigenvalue weighted by Crippen LogP contribution is -2.38. The fourth-order valence-corrected chi connectivity index (χ4v) is 10.0. The molecule has 2 amide bonds. The topological polar surface area (TPSA) is 250 Å². The molecule has 4 aromatic heterocycles. The number of Topliss-reactive ketones (excluding diaryl/α,β-unsaturated/α-hetero) is 2. The summed E-state index contributed by atoms with van der Waals surface area (Å²) in [5.41, 5.74) is 2.20. The van der Waals surface area contributed by atoms with Crippen LogP contribution in [0.15, 0.2) is 65.9 Å². The zero-order valence-corrected chi connectivity index (χ0v) is 43.4. The molecule has 0 radical (unpaired) electrons. The highest BCUT2D eigenvalue weighted by molar-refractivity contribution is 7.98. The number of nitrogens with zero attached hydrogens (tertiary/aromatic N) is 8. The third-order valence-electron chi connectivity index (χ3n) is 13.3. The maximum Gasteiger partial charge on any atom is 0.333 e. The van der Waals surface area contributed by atoms with Gasteiger partial charge in [0.15, 0.2) is 27.5 Å². The molecule has 20 nitrogen and oxygen atoms in total. The van der Waals surface area contributed by atoms with Gasteiger partial charge in [0.2, 0.25) is 26.8 Å². The van der Waals surface area contributed by atoms with Crippen molar-refractivity contribution < 1.29 is 27.6 Å². The number of rotatable bonds is 14. The highest BCUT2D eigenvalue weighted by Gasteiger charge is 2.33. The number of thioether (sulfide) groups is 1. The molecular formula is C52H54N10O10S2. The quantitative estimate of drug-likeness (QED) is 0.118. The van der Waals surface area contributed by atoms with Gasteiger partial charge in [-0.15, -0.1) is 0 Å². The summed E-state index contributed by atoms with van der Waals surface area (Å²) >= 11 is 1.39. The SMILES string of the molecule is CSc1nc2c(c(=O)n(C)c(=O)n2CC#Cc2cc(CC(=O)C3CC3)cc(NC(=O)C3CC3)c2)n1C.Cn1c(=O)c2c(nc(S(C)(=O)=O)n2C)n(CC#Cc2cc(CC(=O)C3CC3)cc(NC(=O)C3CC3)c2)c1=O. The molecule has 4 saturated carbocycles. The maximum atomic E-state index is 12.9. The van der Waals surface area contributed by atoms with Crippen LogP contribution in [0.4, 0.5) is 11.4 Å². The van der Waals surface area contributed by atoms with E-state index in [0.717, 1.165) is 87.0 Å². The van der Waals surface area contributed by atoms with Crippen LogP contribution in [-0.2, 0) is 83.1 Å². The van der Waals surface area contributed by atoms with Crippen molar-refractivity contribution in [1.29, 1.82) is 0 Å². The van der Waals surface area contributed by atoms with Gasteiger partial charge in [-0.05, 0) is 105 Å². The van der Waals surface area contributed by atoms with Crippen LogP contribution >= 0.6 is 11.8 Å². The van der Waals surface area contributed by atoms with E-state index in [1.165, 1.54) is 37.5 Å². The van der Waals surface area contributed by atoms with E-state index in [2.05, 4.69) is 44.3 Å². The lowest BCUT2D eigenvalue weighted by molar-refractivity contribution is -0.120. The number of hydrogen-bond acceptors (Lipinski definition) is 13. The molecule has 22 heteroatoms. The summed E-state index contributed by atoms with van der Waals surface area (Å²) in [6, 6.07) is 10.7. The first-order valence-corrected chi connectivity index (χ1v) is 27.3. The third-order valence-corrected chi connectivity index (χ3v) is 15.1. The van der Waals surface area contributed by atoms with E-state index >= 15 is 0 Å². The summed E-state index contributed by atoms with van der Waals surface area (Å²) in [6.45, 7) is -0.137. The average molecular weight is 1040 g/mol. The van der Waals surface area contributed by atoms with Crippen molar-refractivity contribution in [3.63, 3.8) is 0 Å². The van der Waals surface area contributed by atoms with Gasteiger partial charge >= 0.3 is 11.4 Å². The molecule has 0 spiro atoms. The Balaban J connectivity index is 0.000000182. The number of benzene rings is 2. The molecule has 6 aromatic rings. The number of amides is 2. The normalized spacial score (nSPS) is 15.1. The van der Waals surface area contributed by atoms with Gasteiger partial charge in [-0.3, -0.25) is 47.0 Å². The fourth-order valence-electron chi connectivity index (χ4n) is 8.62. The minimum Gasteiger partial charge on any atom is -0.326 e. The number of imidazole rings is 2. The first-order valence-electron chi connectivity index (χ1n) is 24.2. The molecular weight excluding hydrogens is 989 g/mol. The monoisotopic (exact) mass is 1040 g/mol. The first kappa shape index (κ1) is 51.3. The second-order valence-electron chi connectivity index (χ2n) is 19.5. The molecule has 0 saturated heterocycles. The Hall–Kier alpha value is -7.56. The minimum atomic E-state index is -3.76. The number of aryl methyl sites for hydroxylation is 2. The fraction of sp³-hybridized carbons (Fsp3) is 0.423. The summed E-state index contributed by atoms with van der Waals surface area (Å²) in [6.07, 6.45) is 10.6. The van der Waals surface area contributed by atoms with Crippen LogP contribution in [0.2, 0.25) is 0 Å². The van der Waals surface area contributed by atoms with Crippen LogP contribution in [0.5, 0.6) is 0 Å². The van der Waals surface area contributed by atoms with E-state index in [0.29, 0.717) is 45.2 Å². The predicted octanol–water partition coefficient (Wildman–Crippen LogP) is 2.84. The van der Waals surface area contributed by atoms with E-state index in [-0.39, 0.29) is 82.9 Å². The van der Waals surface area contributed by atoms with Crippen LogP contribution < -0.4 is 33.1 Å². The van der Waals surface area contributed by atoms with Crippen molar-refractivity contribution in [3.05, 3.63) is 100 Å². The van der Waals surface area contributed by atoms with Crippen molar-refractivity contribution in [2.75, 3.05) is 23.1 Å². The van der Waals surface area contributed by atoms with E-state index in [1.807, 2.05) is 18.4 Å². The Labute approximate surface area is 428 Å². The number of ketones is 2. The van der Waals surface area contributed by atoms with Gasteiger partial charge in [0.1, 0.15) is 11.6 Å². The van der Waals surface area contributed by atoms with Crippen molar-refractivity contribution >= 4 is 78.7 Å². The number of fused-ring (bicyclic) bond motifs is 2. The number of aromatic nitrogens is 8. The van der Waals surface area contributed by atoms with Gasteiger partial charge in [-0.1, -0.05) is 35.4 Å². The molecule has 0 unspecified atom stereocenters. The van der Waals surface area contributed by atoms with Crippen molar-refractivity contribution in [1.82, 2.24) is 37.4 Å². The maximum absolute atomic E-state index is 12.9. The number of carbonyl (C=O) groups excluding carboxylic acids is 4. The van der Waals surface area contributed by atoms with Gasteiger partial charge in [0.25, 0.3) is 11.1 Å². The Kier molecular flexibility index (Phi) is 14.1. The Morgan fingerprint density at radius 3 is 1.39 bits per heavy atom. The van der Waals surface area contributed by atoms with Crippen LogP contribution in [-0.4, -0.2) is 81.7 Å². The molecule has 2 aromatic carbocycles. The molecule has 4 heterocycles. The average Bonchev–Trinajstić information content (AvgIpc) is 4.14. The highest BCUT2D eigenvalue weighted by atomic mass is 32.2. The largest absolute Gasteiger partial charge is 0.333 e. The molecule has 4 aliphatic rings. The van der Waals surface area contributed by atoms with Crippen molar-refractivity contribution in [3.8, 4) is 23.7 Å². The molecule has 4 aliphatic carbocycles. The van der Waals surface area contributed by atoms with E-state index in [9.17, 15) is 46.8 Å². The minimum absolute atomic E-state index is 0.00972. The molecule has 74 heavy (non-hydrogen) atoms. The molecule has 4 fully saturated rings. The number of hydrogen-bond donors (Lipinski definition) is 2. The second-order valence-corrected chi connectivity index (χ2v) is 22.2. The summed E-state index contributed by atoms with van der Waals surface area (Å²) < 4.78 is 31.6. The van der Waals surface area contributed by atoms with Gasteiger partial charge in [0.05, 0.1) is 13.1 Å². The van der Waals surface area contributed by atoms with Crippen molar-refractivity contribution in [2.45, 2.75) is 87.6 Å². The second kappa shape index (κ2) is 20.4. The van der Waals surface area contributed by atoms with Crippen LogP contribution in [0.1, 0.15) is 73.6 Å². The highest BCUT2D eigenvalue weighted by Crippen LogP contribution is 2.34. The number of carbonyl (C=O) groups is 4. The summed E-state index contributed by atoms with van der Waals surface area (Å²) in [7, 11) is 2.13. The Morgan fingerprint density at radius 2 is 1.00 bits per heavy atom. The smallest absolute Gasteiger partial charge is 0.326 e. The van der Waals surface area contributed by atoms with Gasteiger partial charge in [-0.25, -0.2) is 23.0 Å². The summed E-state index contributed by atoms with van der Waals surface area (Å²) in [4.78, 5) is 109. The molecule has 0 bridgehead atoms. The van der Waals surface area contributed by atoms with Crippen LogP contribution in [0, 0.1) is 47.4 Å². The third kappa shape index (κ3) is 11.2. The van der Waals surface area contributed by atoms with Gasteiger partial charge < -0.3 is 19.8 Å². The summed E-state index contributed by atoms with van der Waals surface area (Å²) in [5.74, 6) is 12.6. The standard InChI is InChI=1S/C26H27N5O6S.C26H27N5O4S/c1-29-21-22(28-25(29)38(3,36)37)31(26(35)30(2)24(21)34)10-4-5-15-11-16(14-20(32)17-6-7-17)13-19(12-15)27-23(33)18-8-9-18;1-29-21-22(28-25(29)36-3)31(26(35)30(2)24(21)34)10-4-5-15-11-16(14-20(32)17-6-7-17)13-19(12-15)27-23(33)18-8-9-18/h11-13,17-18H,6-10,14H2,1-3H3,(H,27,33);11-13,17-18H,6-10,14H2,1-3H3,(H,27,33). The zero-order valence-electron chi connectivity index (χ0n) is 41.7. The molecule has 384 valence electrons. The molecule has 10 rings (SSSR count). The Bertz CT molecular complexity index is 3790. The number of anilines is 2. The number of sulfone groups is 1. The van der Waals surface area contributed by atoms with E-state index < -0.39 is 32.3 Å².